The molecule has 0 aliphatic rings. The summed E-state index contributed by atoms with van der Waals surface area (Å²) in [5.74, 6) is -0.106. The van der Waals surface area contributed by atoms with Crippen LogP contribution in [-0.2, 0) is 0 Å². The maximum absolute atomic E-state index is 12.6. The average Bonchev–Trinajstić information content (AvgIpc) is 2.50. The second kappa shape index (κ2) is 5.37. The van der Waals surface area contributed by atoms with Gasteiger partial charge in [0.15, 0.2) is 0 Å². The summed E-state index contributed by atoms with van der Waals surface area (Å²) in [6.07, 6.45) is 1.73. The molecular weight excluding hydrogens is 260 g/mol. The van der Waals surface area contributed by atoms with E-state index in [2.05, 4.69) is 10.3 Å². The highest BCUT2D eigenvalue weighted by Crippen LogP contribution is 2.22. The number of benzene rings is 2. The number of rotatable bonds is 2. The molecule has 0 aliphatic carbocycles. The third-order valence-corrected chi connectivity index (χ3v) is 3.61. The second-order valence-corrected chi connectivity index (χ2v) is 5.10. The quantitative estimate of drug-likeness (QED) is 0.765. The Morgan fingerprint density at radius 2 is 1.67 bits per heavy atom. The van der Waals surface area contributed by atoms with Crippen molar-refractivity contribution in [2.45, 2.75) is 13.8 Å². The molecule has 1 aromatic heterocycles. The van der Waals surface area contributed by atoms with E-state index in [4.69, 9.17) is 0 Å². The Kier molecular flexibility index (Phi) is 3.40. The molecule has 0 spiro atoms. The first-order valence-corrected chi connectivity index (χ1v) is 6.88. The van der Waals surface area contributed by atoms with Crippen LogP contribution in [0.25, 0.3) is 10.9 Å². The molecule has 3 nitrogen and oxygen atoms in total. The molecule has 0 fully saturated rings. The summed E-state index contributed by atoms with van der Waals surface area (Å²) in [6, 6.07) is 15.3. The average molecular weight is 276 g/mol. The Labute approximate surface area is 123 Å². The first-order valence-electron chi connectivity index (χ1n) is 6.88. The third kappa shape index (κ3) is 2.50. The van der Waals surface area contributed by atoms with E-state index in [1.54, 1.807) is 6.20 Å². The zero-order valence-electron chi connectivity index (χ0n) is 12.1. The van der Waals surface area contributed by atoms with Crippen molar-refractivity contribution in [3.05, 3.63) is 71.4 Å². The Hall–Kier alpha value is -2.68. The van der Waals surface area contributed by atoms with Crippen LogP contribution < -0.4 is 5.32 Å². The van der Waals surface area contributed by atoms with E-state index in [0.29, 0.717) is 5.56 Å². The van der Waals surface area contributed by atoms with Gasteiger partial charge >= 0.3 is 0 Å². The molecule has 104 valence electrons. The van der Waals surface area contributed by atoms with E-state index in [-0.39, 0.29) is 5.91 Å². The number of para-hydroxylation sites is 1. The number of nitrogens with one attached hydrogen (secondary N) is 1. The number of pyridine rings is 1. The normalized spacial score (nSPS) is 10.6. The van der Waals surface area contributed by atoms with Crippen molar-refractivity contribution in [3.8, 4) is 0 Å². The number of fused-ring (bicyclic) bond motifs is 1. The molecule has 3 aromatic rings. The van der Waals surface area contributed by atoms with Crippen molar-refractivity contribution < 1.29 is 4.79 Å². The third-order valence-electron chi connectivity index (χ3n) is 3.61. The van der Waals surface area contributed by atoms with Crippen molar-refractivity contribution in [2.75, 3.05) is 5.32 Å². The van der Waals surface area contributed by atoms with Crippen LogP contribution in [0.2, 0.25) is 0 Å². The van der Waals surface area contributed by atoms with Crippen molar-refractivity contribution in [3.63, 3.8) is 0 Å². The molecule has 0 radical (unpaired) electrons. The summed E-state index contributed by atoms with van der Waals surface area (Å²) in [4.78, 5) is 16.9. The van der Waals surface area contributed by atoms with Gasteiger partial charge in [-0.3, -0.25) is 9.78 Å². The summed E-state index contributed by atoms with van der Waals surface area (Å²) >= 11 is 0. The van der Waals surface area contributed by atoms with Crippen LogP contribution in [0.4, 0.5) is 5.69 Å². The summed E-state index contributed by atoms with van der Waals surface area (Å²) in [7, 11) is 0. The molecule has 0 saturated heterocycles. The highest BCUT2D eigenvalue weighted by atomic mass is 16.1. The van der Waals surface area contributed by atoms with Gasteiger partial charge in [0.05, 0.1) is 5.52 Å². The molecule has 1 heterocycles. The van der Waals surface area contributed by atoms with E-state index < -0.39 is 0 Å². The molecule has 21 heavy (non-hydrogen) atoms. The van der Waals surface area contributed by atoms with Gasteiger partial charge in [-0.2, -0.15) is 0 Å². The Morgan fingerprint density at radius 3 is 2.43 bits per heavy atom. The van der Waals surface area contributed by atoms with Crippen molar-refractivity contribution in [1.29, 1.82) is 0 Å². The van der Waals surface area contributed by atoms with E-state index in [1.807, 2.05) is 62.4 Å². The number of aromatic nitrogens is 1. The lowest BCUT2D eigenvalue weighted by atomic mass is 10.1. The van der Waals surface area contributed by atoms with E-state index >= 15 is 0 Å². The monoisotopic (exact) mass is 276 g/mol. The molecule has 0 unspecified atom stereocenters. The van der Waals surface area contributed by atoms with Gasteiger partial charge in [0, 0.05) is 22.8 Å². The SMILES string of the molecule is Cc1cccc(C)c1NC(=O)c1cccc2ncccc12. The number of hydrogen-bond donors (Lipinski definition) is 1. The maximum atomic E-state index is 12.6. The molecule has 0 bridgehead atoms. The topological polar surface area (TPSA) is 42.0 Å². The Balaban J connectivity index is 2.02. The molecule has 3 heteroatoms. The van der Waals surface area contributed by atoms with Crippen LogP contribution in [0.5, 0.6) is 0 Å². The lowest BCUT2D eigenvalue weighted by molar-refractivity contribution is 0.102. The van der Waals surface area contributed by atoms with Crippen LogP contribution in [-0.4, -0.2) is 10.9 Å². The van der Waals surface area contributed by atoms with E-state index in [0.717, 1.165) is 27.7 Å². The summed E-state index contributed by atoms with van der Waals surface area (Å²) < 4.78 is 0. The number of carbonyl (C=O) groups excluding carboxylic acids is 1. The molecule has 3 rings (SSSR count). The van der Waals surface area contributed by atoms with E-state index in [9.17, 15) is 4.79 Å². The molecule has 1 amide bonds. The minimum Gasteiger partial charge on any atom is -0.321 e. The van der Waals surface area contributed by atoms with Gasteiger partial charge in [0.1, 0.15) is 0 Å². The Morgan fingerprint density at radius 1 is 0.952 bits per heavy atom. The predicted molar refractivity (Wildman–Crippen MR) is 85.6 cm³/mol. The molecule has 0 saturated carbocycles. The van der Waals surface area contributed by atoms with Gasteiger partial charge in [0.25, 0.3) is 5.91 Å². The van der Waals surface area contributed by atoms with Crippen LogP contribution >= 0.6 is 0 Å². The maximum Gasteiger partial charge on any atom is 0.256 e. The summed E-state index contributed by atoms with van der Waals surface area (Å²) in [6.45, 7) is 3.99. The van der Waals surface area contributed by atoms with Gasteiger partial charge in [-0.05, 0) is 43.2 Å². The lowest BCUT2D eigenvalue weighted by Crippen LogP contribution is -2.14. The van der Waals surface area contributed by atoms with Crippen LogP contribution in [0.1, 0.15) is 21.5 Å². The molecule has 1 N–H and O–H groups in total. The largest absolute Gasteiger partial charge is 0.321 e. The summed E-state index contributed by atoms with van der Waals surface area (Å²) in [5, 5.41) is 3.88. The first kappa shape index (κ1) is 13.3. The fourth-order valence-corrected chi connectivity index (χ4v) is 2.49. The highest BCUT2D eigenvalue weighted by Gasteiger charge is 2.12. The van der Waals surface area contributed by atoms with Gasteiger partial charge < -0.3 is 5.32 Å². The minimum atomic E-state index is -0.106. The molecular formula is C18H16N2O. The van der Waals surface area contributed by atoms with Gasteiger partial charge in [-0.1, -0.05) is 30.3 Å². The van der Waals surface area contributed by atoms with Crippen molar-refractivity contribution >= 4 is 22.5 Å². The van der Waals surface area contributed by atoms with Crippen LogP contribution in [0, 0.1) is 13.8 Å². The smallest absolute Gasteiger partial charge is 0.256 e. The number of nitrogens with zero attached hydrogens (tertiary/aromatic N) is 1. The van der Waals surface area contributed by atoms with Crippen LogP contribution in [0.15, 0.2) is 54.7 Å². The van der Waals surface area contributed by atoms with Crippen molar-refractivity contribution in [1.82, 2.24) is 4.98 Å². The molecule has 0 aliphatic heterocycles. The fraction of sp³-hybridized carbons (Fsp3) is 0.111. The zero-order chi connectivity index (χ0) is 14.8. The number of carbonyl (C=O) groups is 1. The number of hydrogen-bond acceptors (Lipinski definition) is 2. The van der Waals surface area contributed by atoms with Gasteiger partial charge in [0.2, 0.25) is 0 Å². The van der Waals surface area contributed by atoms with E-state index in [1.165, 1.54) is 0 Å². The van der Waals surface area contributed by atoms with Gasteiger partial charge in [-0.15, -0.1) is 0 Å². The lowest BCUT2D eigenvalue weighted by Gasteiger charge is -2.12. The number of aryl methyl sites for hydroxylation is 2. The molecule has 0 atom stereocenters. The highest BCUT2D eigenvalue weighted by molar-refractivity contribution is 6.12. The zero-order valence-corrected chi connectivity index (χ0v) is 12.1. The number of anilines is 1. The fourth-order valence-electron chi connectivity index (χ4n) is 2.49. The minimum absolute atomic E-state index is 0.106. The first-order chi connectivity index (χ1) is 10.2. The van der Waals surface area contributed by atoms with Crippen LogP contribution in [0.3, 0.4) is 0 Å². The molecule has 2 aromatic carbocycles. The van der Waals surface area contributed by atoms with Gasteiger partial charge in [-0.25, -0.2) is 0 Å². The Bertz CT molecular complexity index is 799. The number of amides is 1. The predicted octanol–water partition coefficient (Wildman–Crippen LogP) is 4.10. The summed E-state index contributed by atoms with van der Waals surface area (Å²) in [5.41, 5.74) is 4.46. The van der Waals surface area contributed by atoms with Crippen molar-refractivity contribution in [2.24, 2.45) is 0 Å². The standard InChI is InChI=1S/C18H16N2O/c1-12-6-3-7-13(2)17(12)20-18(21)15-8-4-10-16-14(15)9-5-11-19-16/h3-11H,1-2H3,(H,20,21). The second-order valence-electron chi connectivity index (χ2n) is 5.10.